The van der Waals surface area contributed by atoms with Gasteiger partial charge in [-0.25, -0.2) is 0 Å². The van der Waals surface area contributed by atoms with Gasteiger partial charge in [-0.05, 0) is 51.9 Å². The summed E-state index contributed by atoms with van der Waals surface area (Å²) in [4.78, 5) is 0. The second kappa shape index (κ2) is 4.81. The maximum Gasteiger partial charge on any atom is 0.0470 e. The molecular formula is C12H13IN2. The largest absolute Gasteiger partial charge is 0.350 e. The van der Waals surface area contributed by atoms with E-state index in [1.165, 1.54) is 14.7 Å². The van der Waals surface area contributed by atoms with E-state index >= 15 is 0 Å². The van der Waals surface area contributed by atoms with E-state index in [1.54, 1.807) is 0 Å². The van der Waals surface area contributed by atoms with Crippen LogP contribution < -0.4 is 5.73 Å². The molecule has 1 aromatic heterocycles. The number of aromatic nitrogens is 1. The molecule has 0 bridgehead atoms. The number of halogens is 1. The van der Waals surface area contributed by atoms with Gasteiger partial charge in [0.25, 0.3) is 0 Å². The molecule has 0 aliphatic carbocycles. The Hall–Kier alpha value is -0.810. The summed E-state index contributed by atoms with van der Waals surface area (Å²) in [6.07, 6.45) is 4.16. The predicted octanol–water partition coefficient (Wildman–Crippen LogP) is 2.60. The molecule has 3 heteroatoms. The Bertz CT molecular complexity index is 431. The van der Waals surface area contributed by atoms with Crippen LogP contribution in [0.4, 0.5) is 0 Å². The van der Waals surface area contributed by atoms with Crippen LogP contribution in [-0.4, -0.2) is 4.57 Å². The number of benzene rings is 1. The van der Waals surface area contributed by atoms with Crippen molar-refractivity contribution in [1.29, 1.82) is 0 Å². The zero-order chi connectivity index (χ0) is 10.7. The van der Waals surface area contributed by atoms with Crippen LogP contribution in [0.1, 0.15) is 11.1 Å². The maximum absolute atomic E-state index is 5.56. The van der Waals surface area contributed by atoms with Crippen molar-refractivity contribution in [2.45, 2.75) is 13.1 Å². The molecule has 0 radical (unpaired) electrons. The van der Waals surface area contributed by atoms with Crippen molar-refractivity contribution in [2.75, 3.05) is 0 Å². The summed E-state index contributed by atoms with van der Waals surface area (Å²) in [5.74, 6) is 0. The van der Waals surface area contributed by atoms with E-state index < -0.39 is 0 Å². The fourth-order valence-corrected chi connectivity index (χ4v) is 1.87. The highest BCUT2D eigenvalue weighted by Crippen LogP contribution is 2.09. The molecule has 78 valence electrons. The first-order valence-corrected chi connectivity index (χ1v) is 5.95. The van der Waals surface area contributed by atoms with E-state index in [9.17, 15) is 0 Å². The van der Waals surface area contributed by atoms with Gasteiger partial charge < -0.3 is 10.3 Å². The Morgan fingerprint density at radius 3 is 2.40 bits per heavy atom. The number of nitrogens with two attached hydrogens (primary N) is 1. The van der Waals surface area contributed by atoms with Crippen LogP contribution in [0, 0.1) is 3.57 Å². The molecule has 0 aliphatic heterocycles. The summed E-state index contributed by atoms with van der Waals surface area (Å²) in [5, 5.41) is 0. The van der Waals surface area contributed by atoms with Gasteiger partial charge in [-0.2, -0.15) is 0 Å². The van der Waals surface area contributed by atoms with Gasteiger partial charge in [0.15, 0.2) is 0 Å². The van der Waals surface area contributed by atoms with Crippen LogP contribution >= 0.6 is 22.6 Å². The number of hydrogen-bond acceptors (Lipinski definition) is 1. The van der Waals surface area contributed by atoms with Gasteiger partial charge in [-0.15, -0.1) is 0 Å². The molecule has 0 atom stereocenters. The molecule has 2 nitrogen and oxygen atoms in total. The molecule has 0 amide bonds. The van der Waals surface area contributed by atoms with Crippen LogP contribution in [0.5, 0.6) is 0 Å². The van der Waals surface area contributed by atoms with E-state index in [4.69, 9.17) is 5.73 Å². The maximum atomic E-state index is 5.56. The molecule has 0 spiro atoms. The highest BCUT2D eigenvalue weighted by Gasteiger charge is 1.96. The van der Waals surface area contributed by atoms with Gasteiger partial charge in [0.05, 0.1) is 0 Å². The van der Waals surface area contributed by atoms with E-state index in [0.717, 1.165) is 6.54 Å². The zero-order valence-corrected chi connectivity index (χ0v) is 10.5. The third-order valence-corrected chi connectivity index (χ3v) is 3.05. The molecular weight excluding hydrogens is 299 g/mol. The highest BCUT2D eigenvalue weighted by molar-refractivity contribution is 14.1. The molecule has 2 aromatic rings. The monoisotopic (exact) mass is 312 g/mol. The summed E-state index contributed by atoms with van der Waals surface area (Å²) in [6, 6.07) is 10.6. The molecule has 15 heavy (non-hydrogen) atoms. The smallest absolute Gasteiger partial charge is 0.0470 e. The topological polar surface area (TPSA) is 30.9 Å². The molecule has 0 fully saturated rings. The van der Waals surface area contributed by atoms with Crippen molar-refractivity contribution < 1.29 is 0 Å². The third-order valence-electron chi connectivity index (χ3n) is 2.33. The lowest BCUT2D eigenvalue weighted by molar-refractivity contribution is 0.801. The lowest BCUT2D eigenvalue weighted by Gasteiger charge is -2.03. The van der Waals surface area contributed by atoms with E-state index in [-0.39, 0.29) is 0 Å². The minimum atomic E-state index is 0.611. The van der Waals surface area contributed by atoms with E-state index in [2.05, 4.69) is 69.9 Å². The average Bonchev–Trinajstić information content (AvgIpc) is 2.69. The van der Waals surface area contributed by atoms with Crippen molar-refractivity contribution in [1.82, 2.24) is 4.57 Å². The van der Waals surface area contributed by atoms with Gasteiger partial charge in [-0.3, -0.25) is 0 Å². The SMILES string of the molecule is NCc1ccn(Cc2ccc(I)cc2)c1. The first kappa shape index (κ1) is 10.7. The van der Waals surface area contributed by atoms with Crippen molar-refractivity contribution in [3.8, 4) is 0 Å². The zero-order valence-electron chi connectivity index (χ0n) is 8.36. The van der Waals surface area contributed by atoms with Crippen molar-refractivity contribution in [3.63, 3.8) is 0 Å². The Morgan fingerprint density at radius 2 is 1.80 bits per heavy atom. The number of hydrogen-bond donors (Lipinski definition) is 1. The van der Waals surface area contributed by atoms with Crippen molar-refractivity contribution >= 4 is 22.6 Å². The van der Waals surface area contributed by atoms with E-state index in [0.29, 0.717) is 6.54 Å². The Morgan fingerprint density at radius 1 is 1.07 bits per heavy atom. The number of rotatable bonds is 3. The molecule has 0 unspecified atom stereocenters. The number of nitrogens with zero attached hydrogens (tertiary/aromatic N) is 1. The first-order valence-electron chi connectivity index (χ1n) is 4.87. The van der Waals surface area contributed by atoms with Gasteiger partial charge in [0.1, 0.15) is 0 Å². The lowest BCUT2D eigenvalue weighted by atomic mass is 10.2. The summed E-state index contributed by atoms with van der Waals surface area (Å²) in [6.45, 7) is 1.52. The van der Waals surface area contributed by atoms with Crippen LogP contribution in [0.3, 0.4) is 0 Å². The summed E-state index contributed by atoms with van der Waals surface area (Å²) in [7, 11) is 0. The van der Waals surface area contributed by atoms with Gasteiger partial charge in [-0.1, -0.05) is 12.1 Å². The van der Waals surface area contributed by atoms with Crippen LogP contribution in [-0.2, 0) is 13.1 Å². The molecule has 1 heterocycles. The molecule has 0 saturated heterocycles. The predicted molar refractivity (Wildman–Crippen MR) is 70.6 cm³/mol. The van der Waals surface area contributed by atoms with Gasteiger partial charge >= 0.3 is 0 Å². The van der Waals surface area contributed by atoms with E-state index in [1.807, 2.05) is 0 Å². The Kier molecular flexibility index (Phi) is 3.43. The summed E-state index contributed by atoms with van der Waals surface area (Å²) >= 11 is 2.31. The average molecular weight is 312 g/mol. The fraction of sp³-hybridized carbons (Fsp3) is 0.167. The second-order valence-corrected chi connectivity index (χ2v) is 4.77. The van der Waals surface area contributed by atoms with Crippen LogP contribution in [0.25, 0.3) is 0 Å². The van der Waals surface area contributed by atoms with Crippen LogP contribution in [0.2, 0.25) is 0 Å². The Balaban J connectivity index is 2.11. The normalized spacial score (nSPS) is 10.5. The Labute approximate surface area is 103 Å². The minimum Gasteiger partial charge on any atom is -0.350 e. The van der Waals surface area contributed by atoms with Gasteiger partial charge in [0.2, 0.25) is 0 Å². The molecule has 0 saturated carbocycles. The quantitative estimate of drug-likeness (QED) is 0.868. The standard InChI is InChI=1S/C12H13IN2/c13-12-3-1-10(2-4-12)8-15-6-5-11(7-14)9-15/h1-6,9H,7-8,14H2. The molecule has 1 aromatic carbocycles. The molecule has 2 rings (SSSR count). The van der Waals surface area contributed by atoms with Crippen LogP contribution in [0.15, 0.2) is 42.7 Å². The summed E-state index contributed by atoms with van der Waals surface area (Å²) < 4.78 is 3.43. The summed E-state index contributed by atoms with van der Waals surface area (Å²) in [5.41, 5.74) is 8.06. The fourth-order valence-electron chi connectivity index (χ4n) is 1.51. The molecule has 0 aliphatic rings. The lowest BCUT2D eigenvalue weighted by Crippen LogP contribution is -1.97. The highest BCUT2D eigenvalue weighted by atomic mass is 127. The minimum absolute atomic E-state index is 0.611. The van der Waals surface area contributed by atoms with Crippen molar-refractivity contribution in [3.05, 3.63) is 57.4 Å². The van der Waals surface area contributed by atoms with Crippen molar-refractivity contribution in [2.24, 2.45) is 5.73 Å². The second-order valence-electron chi connectivity index (χ2n) is 3.52. The third kappa shape index (κ3) is 2.82. The van der Waals surface area contributed by atoms with Gasteiger partial charge in [0, 0.05) is 29.1 Å². The first-order chi connectivity index (χ1) is 7.28. The molecule has 2 N–H and O–H groups in total.